The minimum atomic E-state index is -0.382. The fourth-order valence-corrected chi connectivity index (χ4v) is 3.84. The zero-order valence-electron chi connectivity index (χ0n) is 11.8. The summed E-state index contributed by atoms with van der Waals surface area (Å²) in [6.45, 7) is 0.640. The summed E-state index contributed by atoms with van der Waals surface area (Å²) in [5.74, 6) is -0.153. The minimum Gasteiger partial charge on any atom is -0.326 e. The van der Waals surface area contributed by atoms with Crippen molar-refractivity contribution in [2.75, 3.05) is 11.9 Å². The quantitative estimate of drug-likeness (QED) is 0.763. The summed E-state index contributed by atoms with van der Waals surface area (Å²) in [6, 6.07) is 10.9. The summed E-state index contributed by atoms with van der Waals surface area (Å²) < 4.78 is 1.06. The Morgan fingerprint density at radius 2 is 2.14 bits per heavy atom. The van der Waals surface area contributed by atoms with Crippen molar-refractivity contribution in [3.05, 3.63) is 50.2 Å². The first-order valence-corrected chi connectivity index (χ1v) is 9.02. The van der Waals surface area contributed by atoms with Gasteiger partial charge in [-0.1, -0.05) is 12.1 Å². The maximum Gasteiger partial charge on any atom is 0.264 e. The van der Waals surface area contributed by atoms with Crippen molar-refractivity contribution >= 4 is 51.4 Å². The van der Waals surface area contributed by atoms with Gasteiger partial charge in [0.25, 0.3) is 5.91 Å². The van der Waals surface area contributed by atoms with Crippen molar-refractivity contribution in [3.8, 4) is 0 Å². The van der Waals surface area contributed by atoms with Crippen LogP contribution >= 0.6 is 33.9 Å². The van der Waals surface area contributed by atoms with Crippen molar-refractivity contribution in [3.63, 3.8) is 0 Å². The van der Waals surface area contributed by atoms with E-state index in [9.17, 15) is 9.59 Å². The van der Waals surface area contributed by atoms with Crippen molar-refractivity contribution < 1.29 is 9.59 Å². The number of hydrogen-bond acceptors (Lipinski definition) is 3. The van der Waals surface area contributed by atoms with Gasteiger partial charge >= 0.3 is 0 Å². The molecular formula is C16H15IN2O2S. The molecule has 1 aromatic carbocycles. The molecule has 1 unspecified atom stereocenters. The Hall–Kier alpha value is -1.41. The number of likely N-dealkylation sites (tertiary alicyclic amines) is 1. The molecule has 1 aliphatic heterocycles. The molecule has 1 aromatic heterocycles. The van der Waals surface area contributed by atoms with Crippen LogP contribution in [0.2, 0.25) is 0 Å². The van der Waals surface area contributed by atoms with E-state index in [0.29, 0.717) is 17.8 Å². The van der Waals surface area contributed by atoms with E-state index < -0.39 is 0 Å². The smallest absolute Gasteiger partial charge is 0.264 e. The molecule has 0 radical (unpaired) electrons. The molecule has 0 saturated carbocycles. The number of carbonyl (C=O) groups excluding carboxylic acids is 2. The van der Waals surface area contributed by atoms with Gasteiger partial charge in [0, 0.05) is 15.8 Å². The molecule has 1 aliphatic rings. The zero-order valence-corrected chi connectivity index (χ0v) is 14.8. The molecule has 2 heterocycles. The lowest BCUT2D eigenvalue weighted by Crippen LogP contribution is -2.42. The Morgan fingerprint density at radius 1 is 1.27 bits per heavy atom. The predicted molar refractivity (Wildman–Crippen MR) is 96.2 cm³/mol. The van der Waals surface area contributed by atoms with Crippen LogP contribution in [0.25, 0.3) is 0 Å². The summed E-state index contributed by atoms with van der Waals surface area (Å²) in [6.07, 6.45) is 1.58. The molecule has 114 valence electrons. The normalized spacial score (nSPS) is 17.5. The van der Waals surface area contributed by atoms with Crippen molar-refractivity contribution in [1.82, 2.24) is 4.90 Å². The van der Waals surface area contributed by atoms with E-state index in [2.05, 4.69) is 27.9 Å². The summed E-state index contributed by atoms with van der Waals surface area (Å²) >= 11 is 3.62. The predicted octanol–water partition coefficient (Wildman–Crippen LogP) is 3.60. The van der Waals surface area contributed by atoms with Crippen LogP contribution in [0, 0.1) is 3.57 Å². The van der Waals surface area contributed by atoms with E-state index in [0.717, 1.165) is 15.7 Å². The highest BCUT2D eigenvalue weighted by molar-refractivity contribution is 14.1. The van der Waals surface area contributed by atoms with E-state index in [4.69, 9.17) is 0 Å². The average molecular weight is 426 g/mol. The Balaban J connectivity index is 1.72. The molecule has 3 rings (SSSR count). The minimum absolute atomic E-state index is 0.0460. The number of halogens is 1. The number of thiophene rings is 1. The molecule has 6 heteroatoms. The van der Waals surface area contributed by atoms with Gasteiger partial charge < -0.3 is 10.2 Å². The highest BCUT2D eigenvalue weighted by Crippen LogP contribution is 2.23. The highest BCUT2D eigenvalue weighted by Gasteiger charge is 2.34. The second kappa shape index (κ2) is 6.78. The second-order valence-electron chi connectivity index (χ2n) is 5.13. The van der Waals surface area contributed by atoms with Gasteiger partial charge in [-0.05, 0) is 65.1 Å². The van der Waals surface area contributed by atoms with E-state index in [1.54, 1.807) is 11.0 Å². The molecule has 22 heavy (non-hydrogen) atoms. The summed E-state index contributed by atoms with van der Waals surface area (Å²) in [4.78, 5) is 27.4. The highest BCUT2D eigenvalue weighted by atomic mass is 127. The molecule has 1 saturated heterocycles. The number of rotatable bonds is 3. The largest absolute Gasteiger partial charge is 0.326 e. The van der Waals surface area contributed by atoms with E-state index in [-0.39, 0.29) is 17.9 Å². The van der Waals surface area contributed by atoms with Crippen LogP contribution in [0.4, 0.5) is 5.69 Å². The third-order valence-corrected chi connectivity index (χ3v) is 5.17. The lowest BCUT2D eigenvalue weighted by atomic mass is 10.2. The maximum atomic E-state index is 12.5. The van der Waals surface area contributed by atoms with Crippen LogP contribution in [0.5, 0.6) is 0 Å². The number of hydrogen-bond donors (Lipinski definition) is 1. The van der Waals surface area contributed by atoms with Gasteiger partial charge in [0.1, 0.15) is 6.04 Å². The molecule has 1 N–H and O–H groups in total. The Morgan fingerprint density at radius 3 is 2.86 bits per heavy atom. The molecule has 4 nitrogen and oxygen atoms in total. The van der Waals surface area contributed by atoms with Gasteiger partial charge in [-0.15, -0.1) is 11.3 Å². The molecule has 1 fully saturated rings. The number of nitrogens with one attached hydrogen (secondary N) is 1. The molecule has 2 aromatic rings. The third-order valence-electron chi connectivity index (χ3n) is 3.64. The maximum absolute atomic E-state index is 12.5. The number of amides is 2. The van der Waals surface area contributed by atoms with Gasteiger partial charge in [0.05, 0.1) is 4.88 Å². The van der Waals surface area contributed by atoms with Gasteiger partial charge in [-0.2, -0.15) is 0 Å². The van der Waals surface area contributed by atoms with E-state index in [1.165, 1.54) is 11.3 Å². The van der Waals surface area contributed by atoms with Crippen LogP contribution in [0.15, 0.2) is 41.8 Å². The molecule has 0 aliphatic carbocycles. The summed E-state index contributed by atoms with van der Waals surface area (Å²) in [5.41, 5.74) is 0.771. The fourth-order valence-electron chi connectivity index (χ4n) is 2.62. The van der Waals surface area contributed by atoms with Gasteiger partial charge in [0.15, 0.2) is 0 Å². The molecule has 0 spiro atoms. The van der Waals surface area contributed by atoms with E-state index in [1.807, 2.05) is 35.7 Å². The number of carbonyl (C=O) groups is 2. The average Bonchev–Trinajstić information content (AvgIpc) is 3.18. The molecule has 0 bridgehead atoms. The number of nitrogens with zero attached hydrogens (tertiary/aromatic N) is 1. The first kappa shape index (κ1) is 15.5. The van der Waals surface area contributed by atoms with Crippen LogP contribution in [0.3, 0.4) is 0 Å². The number of benzene rings is 1. The van der Waals surface area contributed by atoms with Crippen molar-refractivity contribution in [1.29, 1.82) is 0 Å². The fraction of sp³-hybridized carbons (Fsp3) is 0.250. The van der Waals surface area contributed by atoms with Crippen LogP contribution < -0.4 is 5.32 Å². The SMILES string of the molecule is O=C(Nc1cccc(I)c1)C1CCCN1C(=O)c1cccs1. The first-order chi connectivity index (χ1) is 10.6. The van der Waals surface area contributed by atoms with E-state index >= 15 is 0 Å². The van der Waals surface area contributed by atoms with Gasteiger partial charge in [0.2, 0.25) is 5.91 Å². The molecule has 1 atom stereocenters. The third kappa shape index (κ3) is 3.33. The standard InChI is InChI=1S/C16H15IN2O2S/c17-11-4-1-5-12(10-11)18-15(20)13-6-2-8-19(13)16(21)14-7-3-9-22-14/h1,3-5,7,9-10,13H,2,6,8H2,(H,18,20). The second-order valence-corrected chi connectivity index (χ2v) is 7.33. The lowest BCUT2D eigenvalue weighted by molar-refractivity contribution is -0.119. The lowest BCUT2D eigenvalue weighted by Gasteiger charge is -2.23. The van der Waals surface area contributed by atoms with Crippen LogP contribution in [-0.4, -0.2) is 29.3 Å². The topological polar surface area (TPSA) is 49.4 Å². The van der Waals surface area contributed by atoms with Crippen LogP contribution in [-0.2, 0) is 4.79 Å². The van der Waals surface area contributed by atoms with Gasteiger partial charge in [-0.25, -0.2) is 0 Å². The molecule has 2 amide bonds. The summed E-state index contributed by atoms with van der Waals surface area (Å²) in [5, 5.41) is 4.80. The van der Waals surface area contributed by atoms with Crippen molar-refractivity contribution in [2.24, 2.45) is 0 Å². The van der Waals surface area contributed by atoms with Gasteiger partial charge in [-0.3, -0.25) is 9.59 Å². The van der Waals surface area contributed by atoms with Crippen molar-refractivity contribution in [2.45, 2.75) is 18.9 Å². The Labute approximate surface area is 146 Å². The summed E-state index contributed by atoms with van der Waals surface area (Å²) in [7, 11) is 0. The van der Waals surface area contributed by atoms with Crippen LogP contribution in [0.1, 0.15) is 22.5 Å². The monoisotopic (exact) mass is 426 g/mol. The number of anilines is 1. The Bertz CT molecular complexity index is 687. The molecular weight excluding hydrogens is 411 g/mol. The Kier molecular flexibility index (Phi) is 4.77. The first-order valence-electron chi connectivity index (χ1n) is 7.06. The zero-order chi connectivity index (χ0) is 15.5.